The van der Waals surface area contributed by atoms with Crippen LogP contribution in [-0.2, 0) is 11.3 Å². The lowest BCUT2D eigenvalue weighted by molar-refractivity contribution is 0.134. The molecule has 0 amide bonds. The fourth-order valence-corrected chi connectivity index (χ4v) is 1.27. The maximum absolute atomic E-state index is 5.85. The molecule has 0 aliphatic carbocycles. The topological polar surface area (TPSA) is 53.7 Å². The third-order valence-electron chi connectivity index (χ3n) is 2.11. The van der Waals surface area contributed by atoms with Crippen LogP contribution < -0.4 is 15.2 Å². The number of rotatable bonds is 5. The number of ether oxygens (including phenoxy) is 3. The van der Waals surface area contributed by atoms with E-state index in [9.17, 15) is 0 Å². The SMILES string of the molecule is CCOCc1cc(OC)c(OC)cc1N. The summed E-state index contributed by atoms with van der Waals surface area (Å²) in [6, 6.07) is 3.58. The number of nitrogens with two attached hydrogens (primary N) is 1. The van der Waals surface area contributed by atoms with Crippen molar-refractivity contribution in [2.45, 2.75) is 13.5 Å². The average Bonchev–Trinajstić information content (AvgIpc) is 2.27. The van der Waals surface area contributed by atoms with Crippen molar-refractivity contribution in [1.82, 2.24) is 0 Å². The van der Waals surface area contributed by atoms with E-state index in [0.717, 1.165) is 5.56 Å². The van der Waals surface area contributed by atoms with Crippen molar-refractivity contribution in [3.63, 3.8) is 0 Å². The summed E-state index contributed by atoms with van der Waals surface area (Å²) >= 11 is 0. The molecule has 2 N–H and O–H groups in total. The molecule has 4 nitrogen and oxygen atoms in total. The van der Waals surface area contributed by atoms with Crippen LogP contribution in [0.15, 0.2) is 12.1 Å². The third-order valence-corrected chi connectivity index (χ3v) is 2.11. The Labute approximate surface area is 89.9 Å². The second kappa shape index (κ2) is 5.46. The Bertz CT molecular complexity index is 326. The molecule has 0 saturated carbocycles. The van der Waals surface area contributed by atoms with Gasteiger partial charge in [-0.2, -0.15) is 0 Å². The highest BCUT2D eigenvalue weighted by Crippen LogP contribution is 2.32. The number of nitrogen functional groups attached to an aromatic ring is 1. The van der Waals surface area contributed by atoms with E-state index in [2.05, 4.69) is 0 Å². The third kappa shape index (κ3) is 2.76. The van der Waals surface area contributed by atoms with Crippen LogP contribution in [0.25, 0.3) is 0 Å². The van der Waals surface area contributed by atoms with Crippen LogP contribution in [0.5, 0.6) is 11.5 Å². The van der Waals surface area contributed by atoms with Gasteiger partial charge in [0.25, 0.3) is 0 Å². The van der Waals surface area contributed by atoms with E-state index in [1.165, 1.54) is 0 Å². The Hall–Kier alpha value is -1.42. The van der Waals surface area contributed by atoms with Crippen molar-refractivity contribution in [1.29, 1.82) is 0 Å². The minimum Gasteiger partial charge on any atom is -0.493 e. The lowest BCUT2D eigenvalue weighted by Gasteiger charge is -2.12. The highest BCUT2D eigenvalue weighted by atomic mass is 16.5. The monoisotopic (exact) mass is 211 g/mol. The maximum atomic E-state index is 5.85. The van der Waals surface area contributed by atoms with Gasteiger partial charge in [0.2, 0.25) is 0 Å². The molecule has 0 aliphatic heterocycles. The van der Waals surface area contributed by atoms with Gasteiger partial charge in [-0.05, 0) is 13.0 Å². The fraction of sp³-hybridized carbons (Fsp3) is 0.455. The molecule has 0 aliphatic rings. The van der Waals surface area contributed by atoms with Gasteiger partial charge >= 0.3 is 0 Å². The predicted octanol–water partition coefficient (Wildman–Crippen LogP) is 1.82. The van der Waals surface area contributed by atoms with Crippen LogP contribution in [-0.4, -0.2) is 20.8 Å². The highest BCUT2D eigenvalue weighted by molar-refractivity contribution is 5.57. The van der Waals surface area contributed by atoms with Crippen LogP contribution in [0.3, 0.4) is 0 Å². The van der Waals surface area contributed by atoms with Crippen LogP contribution in [0.2, 0.25) is 0 Å². The molecule has 15 heavy (non-hydrogen) atoms. The maximum Gasteiger partial charge on any atom is 0.162 e. The van der Waals surface area contributed by atoms with E-state index in [1.807, 2.05) is 13.0 Å². The van der Waals surface area contributed by atoms with Gasteiger partial charge in [-0.25, -0.2) is 0 Å². The molecule has 0 radical (unpaired) electrons. The molecule has 1 aromatic carbocycles. The number of benzene rings is 1. The van der Waals surface area contributed by atoms with Crippen LogP contribution in [0.1, 0.15) is 12.5 Å². The predicted molar refractivity (Wildman–Crippen MR) is 59.3 cm³/mol. The van der Waals surface area contributed by atoms with Gasteiger partial charge in [-0.3, -0.25) is 0 Å². The summed E-state index contributed by atoms with van der Waals surface area (Å²) < 4.78 is 15.6. The summed E-state index contributed by atoms with van der Waals surface area (Å²) in [5.74, 6) is 1.30. The van der Waals surface area contributed by atoms with E-state index in [-0.39, 0.29) is 0 Å². The van der Waals surface area contributed by atoms with Crippen molar-refractivity contribution in [3.8, 4) is 11.5 Å². The highest BCUT2D eigenvalue weighted by Gasteiger charge is 2.08. The fourth-order valence-electron chi connectivity index (χ4n) is 1.27. The van der Waals surface area contributed by atoms with Gasteiger partial charge in [-0.15, -0.1) is 0 Å². The van der Waals surface area contributed by atoms with Crippen LogP contribution in [0, 0.1) is 0 Å². The van der Waals surface area contributed by atoms with Crippen molar-refractivity contribution in [3.05, 3.63) is 17.7 Å². The Morgan fingerprint density at radius 1 is 1.13 bits per heavy atom. The van der Waals surface area contributed by atoms with E-state index in [1.54, 1.807) is 20.3 Å². The van der Waals surface area contributed by atoms with E-state index in [4.69, 9.17) is 19.9 Å². The molecule has 0 heterocycles. The standard InChI is InChI=1S/C11H17NO3/c1-4-15-7-8-5-10(13-2)11(14-3)6-9(8)12/h5-6H,4,7,12H2,1-3H3. The van der Waals surface area contributed by atoms with Crippen molar-refractivity contribution >= 4 is 5.69 Å². The Morgan fingerprint density at radius 3 is 2.27 bits per heavy atom. The first-order chi connectivity index (χ1) is 7.22. The summed E-state index contributed by atoms with van der Waals surface area (Å²) in [6.45, 7) is 3.09. The molecular formula is C11H17NO3. The molecule has 1 rings (SSSR count). The molecule has 0 saturated heterocycles. The second-order valence-electron chi connectivity index (χ2n) is 3.04. The summed E-state index contributed by atoms with van der Waals surface area (Å²) in [5.41, 5.74) is 7.41. The summed E-state index contributed by atoms with van der Waals surface area (Å²) in [6.07, 6.45) is 0. The van der Waals surface area contributed by atoms with Gasteiger partial charge in [-0.1, -0.05) is 0 Å². The summed E-state index contributed by atoms with van der Waals surface area (Å²) in [5, 5.41) is 0. The minimum atomic E-state index is 0.489. The second-order valence-corrected chi connectivity index (χ2v) is 3.04. The first-order valence-electron chi connectivity index (χ1n) is 4.81. The van der Waals surface area contributed by atoms with E-state index < -0.39 is 0 Å². The van der Waals surface area contributed by atoms with Crippen LogP contribution in [0.4, 0.5) is 5.69 Å². The van der Waals surface area contributed by atoms with Crippen molar-refractivity contribution < 1.29 is 14.2 Å². The largest absolute Gasteiger partial charge is 0.493 e. The van der Waals surface area contributed by atoms with Gasteiger partial charge in [0.05, 0.1) is 20.8 Å². The molecule has 4 heteroatoms. The number of anilines is 1. The molecule has 0 unspecified atom stereocenters. The zero-order chi connectivity index (χ0) is 11.3. The first-order valence-corrected chi connectivity index (χ1v) is 4.81. The molecule has 0 aromatic heterocycles. The summed E-state index contributed by atoms with van der Waals surface area (Å²) in [7, 11) is 3.18. The van der Waals surface area contributed by atoms with Crippen molar-refractivity contribution in [2.24, 2.45) is 0 Å². The molecule has 0 spiro atoms. The zero-order valence-electron chi connectivity index (χ0n) is 9.37. The number of methoxy groups -OCH3 is 2. The molecular weight excluding hydrogens is 194 g/mol. The lowest BCUT2D eigenvalue weighted by atomic mass is 10.1. The molecule has 0 fully saturated rings. The smallest absolute Gasteiger partial charge is 0.162 e. The quantitative estimate of drug-likeness (QED) is 0.755. The molecule has 0 bridgehead atoms. The van der Waals surface area contributed by atoms with Crippen molar-refractivity contribution in [2.75, 3.05) is 26.6 Å². The minimum absolute atomic E-state index is 0.489. The molecule has 1 aromatic rings. The van der Waals surface area contributed by atoms with Gasteiger partial charge < -0.3 is 19.9 Å². The number of hydrogen-bond donors (Lipinski definition) is 1. The Kier molecular flexibility index (Phi) is 4.24. The van der Waals surface area contributed by atoms with Gasteiger partial charge in [0.1, 0.15) is 0 Å². The Morgan fingerprint density at radius 2 is 1.73 bits per heavy atom. The molecule has 84 valence electrons. The van der Waals surface area contributed by atoms with Gasteiger partial charge in [0.15, 0.2) is 11.5 Å². The van der Waals surface area contributed by atoms with Gasteiger partial charge in [0, 0.05) is 23.9 Å². The van der Waals surface area contributed by atoms with Crippen LogP contribution >= 0.6 is 0 Å². The molecule has 0 atom stereocenters. The normalized spacial score (nSPS) is 10.1. The Balaban J connectivity index is 2.97. The lowest BCUT2D eigenvalue weighted by Crippen LogP contribution is -2.00. The first kappa shape index (κ1) is 11.7. The zero-order valence-corrected chi connectivity index (χ0v) is 9.37. The van der Waals surface area contributed by atoms with E-state index in [0.29, 0.717) is 30.4 Å². The summed E-state index contributed by atoms with van der Waals surface area (Å²) in [4.78, 5) is 0. The van der Waals surface area contributed by atoms with E-state index >= 15 is 0 Å². The average molecular weight is 211 g/mol. The number of hydrogen-bond acceptors (Lipinski definition) is 4.